The number of rotatable bonds is 7. The Balaban J connectivity index is 1.45. The van der Waals surface area contributed by atoms with Crippen molar-refractivity contribution in [2.45, 2.75) is 89.6 Å². The molecule has 4 heterocycles. The van der Waals surface area contributed by atoms with Crippen LogP contribution < -0.4 is 9.46 Å². The van der Waals surface area contributed by atoms with E-state index in [1.807, 2.05) is 29.8 Å². The van der Waals surface area contributed by atoms with Crippen molar-refractivity contribution in [2.75, 3.05) is 27.7 Å². The summed E-state index contributed by atoms with van der Waals surface area (Å²) in [5.74, 6) is 0.288. The van der Waals surface area contributed by atoms with Gasteiger partial charge in [0.2, 0.25) is 5.91 Å². The van der Waals surface area contributed by atoms with Crippen LogP contribution in [0, 0.1) is 5.41 Å². The number of carbonyl (C=O) groups excluding carboxylic acids is 2. The molecule has 266 valence electrons. The Morgan fingerprint density at radius 3 is 2.50 bits per heavy atom. The first-order chi connectivity index (χ1) is 23.9. The molecule has 2 aromatic carbocycles. The van der Waals surface area contributed by atoms with Crippen LogP contribution in [0.5, 0.6) is 5.75 Å². The third-order valence-electron chi connectivity index (χ3n) is 11.5. The van der Waals surface area contributed by atoms with Crippen molar-refractivity contribution in [1.82, 2.24) is 23.5 Å². The fourth-order valence-electron chi connectivity index (χ4n) is 8.51. The average molecular weight is 718 g/mol. The van der Waals surface area contributed by atoms with Gasteiger partial charge in [-0.1, -0.05) is 32.3 Å². The van der Waals surface area contributed by atoms with Crippen LogP contribution in [0.4, 0.5) is 0 Å². The molecule has 0 radical (unpaired) electrons. The minimum Gasteiger partial charge on any atom is -0.497 e. The molecule has 2 aromatic heterocycles. The van der Waals surface area contributed by atoms with Gasteiger partial charge in [0.15, 0.2) is 0 Å². The van der Waals surface area contributed by atoms with Crippen molar-refractivity contribution in [2.24, 2.45) is 5.41 Å². The van der Waals surface area contributed by atoms with Gasteiger partial charge in [-0.2, -0.15) is 12.7 Å². The minimum atomic E-state index is -3.99. The number of nitrogens with zero attached hydrogens (tertiary/aromatic N) is 4. The van der Waals surface area contributed by atoms with Gasteiger partial charge in [0.05, 0.1) is 24.3 Å². The van der Waals surface area contributed by atoms with Gasteiger partial charge < -0.3 is 14.2 Å². The zero-order valence-corrected chi connectivity index (χ0v) is 31.2. The molecule has 3 unspecified atom stereocenters. The maximum atomic E-state index is 15.3. The van der Waals surface area contributed by atoms with Crippen LogP contribution in [-0.2, 0) is 21.5 Å². The molecular formula is C38H47N5O5S2. The lowest BCUT2D eigenvalue weighted by Gasteiger charge is -2.43. The predicted molar refractivity (Wildman–Crippen MR) is 197 cm³/mol. The van der Waals surface area contributed by atoms with Gasteiger partial charge in [-0.05, 0) is 92.3 Å². The number of nitrogens with one attached hydrogen (secondary N) is 1. The summed E-state index contributed by atoms with van der Waals surface area (Å²) in [6.07, 6.45) is 10.3. The molecule has 1 saturated heterocycles. The monoisotopic (exact) mass is 717 g/mol. The summed E-state index contributed by atoms with van der Waals surface area (Å²) >= 11 is 1.60. The smallest absolute Gasteiger partial charge is 0.303 e. The lowest BCUT2D eigenvalue weighted by Crippen LogP contribution is -2.49. The van der Waals surface area contributed by atoms with Crippen molar-refractivity contribution in [3.63, 3.8) is 0 Å². The van der Waals surface area contributed by atoms with Crippen molar-refractivity contribution < 1.29 is 22.7 Å². The van der Waals surface area contributed by atoms with E-state index in [1.54, 1.807) is 24.5 Å². The second-order valence-electron chi connectivity index (χ2n) is 14.6. The van der Waals surface area contributed by atoms with Crippen molar-refractivity contribution in [3.05, 3.63) is 69.7 Å². The number of thiazole rings is 1. The molecule has 12 heteroatoms. The number of methoxy groups -OCH3 is 1. The molecule has 3 atom stereocenters. The lowest BCUT2D eigenvalue weighted by atomic mass is 9.71. The molecule has 1 N–H and O–H groups in total. The zero-order valence-electron chi connectivity index (χ0n) is 29.6. The maximum absolute atomic E-state index is 15.3. The minimum absolute atomic E-state index is 0.0686. The first-order valence-corrected chi connectivity index (χ1v) is 20.1. The number of piperidine rings is 1. The van der Waals surface area contributed by atoms with E-state index in [0.717, 1.165) is 87.7 Å². The number of fused-ring (bicyclic) bond motifs is 5. The van der Waals surface area contributed by atoms with Crippen molar-refractivity contribution in [3.8, 4) is 17.0 Å². The number of hydrogen-bond donors (Lipinski definition) is 1. The molecular weight excluding hydrogens is 671 g/mol. The Kier molecular flexibility index (Phi) is 9.32. The van der Waals surface area contributed by atoms with Gasteiger partial charge in [-0.15, -0.1) is 11.3 Å². The molecule has 2 aliphatic heterocycles. The largest absolute Gasteiger partial charge is 0.497 e. The SMILES string of the molecule is COc1ccc2c(c1)C(C)C(C)(C(=O)N1CCCCC1c1nccs1)Cn1c-2c(C2CCCCC2)c2ccc(C(=O)NS(=O)(=O)N(C)C)cc21. The number of likely N-dealkylation sites (tertiary alicyclic amines) is 1. The highest BCUT2D eigenvalue weighted by Gasteiger charge is 2.48. The maximum Gasteiger partial charge on any atom is 0.303 e. The molecule has 2 amide bonds. The number of ether oxygens (including phenoxy) is 1. The van der Waals surface area contributed by atoms with E-state index in [4.69, 9.17) is 4.74 Å². The van der Waals surface area contributed by atoms with Gasteiger partial charge in [0, 0.05) is 60.8 Å². The van der Waals surface area contributed by atoms with Gasteiger partial charge in [0.25, 0.3) is 5.91 Å². The number of aromatic nitrogens is 2. The summed E-state index contributed by atoms with van der Waals surface area (Å²) in [5, 5.41) is 4.00. The Hall–Kier alpha value is -3.74. The summed E-state index contributed by atoms with van der Waals surface area (Å²) in [7, 11) is 0.448. The second-order valence-corrected chi connectivity index (χ2v) is 17.4. The summed E-state index contributed by atoms with van der Waals surface area (Å²) in [6.45, 7) is 5.33. The molecule has 1 saturated carbocycles. The highest BCUT2D eigenvalue weighted by atomic mass is 32.2. The Labute approximate surface area is 299 Å². The standard InChI is InChI=1S/C38H47N5O5S2/c1-24-30-22-27(48-5)15-17-28(30)34-33(25-11-7-6-8-12-25)29-16-14-26(35(44)40-50(46,47)41(3)4)21-32(29)43(34)23-38(24,2)37(45)42-19-10-9-13-31(42)36-39-18-20-49-36/h14-18,20-22,24-25,31H,6-13,19,23H2,1-5H3,(H,40,44). The van der Waals surface area contributed by atoms with Crippen LogP contribution in [0.3, 0.4) is 0 Å². The van der Waals surface area contributed by atoms with Crippen molar-refractivity contribution >= 4 is 44.3 Å². The third-order valence-corrected chi connectivity index (χ3v) is 13.8. The lowest BCUT2D eigenvalue weighted by molar-refractivity contribution is -0.147. The molecule has 7 rings (SSSR count). The van der Waals surface area contributed by atoms with E-state index >= 15 is 4.79 Å². The first-order valence-electron chi connectivity index (χ1n) is 17.7. The van der Waals surface area contributed by atoms with Gasteiger partial charge in [0.1, 0.15) is 10.8 Å². The van der Waals surface area contributed by atoms with Crippen LogP contribution in [0.25, 0.3) is 22.2 Å². The normalized spacial score (nSPS) is 23.0. The summed E-state index contributed by atoms with van der Waals surface area (Å²) < 4.78 is 36.5. The predicted octanol–water partition coefficient (Wildman–Crippen LogP) is 7.23. The van der Waals surface area contributed by atoms with Gasteiger partial charge >= 0.3 is 10.2 Å². The highest BCUT2D eigenvalue weighted by molar-refractivity contribution is 7.87. The van der Waals surface area contributed by atoms with E-state index in [2.05, 4.69) is 45.2 Å². The fourth-order valence-corrected chi connectivity index (χ4v) is 9.83. The molecule has 0 spiro atoms. The molecule has 3 aliphatic rings. The summed E-state index contributed by atoms with van der Waals surface area (Å²) in [6, 6.07) is 11.7. The van der Waals surface area contributed by atoms with E-state index in [-0.39, 0.29) is 23.4 Å². The summed E-state index contributed by atoms with van der Waals surface area (Å²) in [4.78, 5) is 35.5. The number of benzene rings is 2. The van der Waals surface area contributed by atoms with E-state index in [1.165, 1.54) is 26.1 Å². The second kappa shape index (κ2) is 13.4. The van der Waals surface area contributed by atoms with Crippen LogP contribution in [-0.4, -0.2) is 66.7 Å². The molecule has 10 nitrogen and oxygen atoms in total. The van der Waals surface area contributed by atoms with Crippen LogP contribution in [0.2, 0.25) is 0 Å². The Morgan fingerprint density at radius 1 is 1.04 bits per heavy atom. The molecule has 2 fully saturated rings. The van der Waals surface area contributed by atoms with Gasteiger partial charge in [-0.3, -0.25) is 9.59 Å². The Bertz CT molecular complexity index is 2030. The van der Waals surface area contributed by atoms with Gasteiger partial charge in [-0.25, -0.2) is 9.71 Å². The van der Waals surface area contributed by atoms with Crippen LogP contribution in [0.15, 0.2) is 48.0 Å². The van der Waals surface area contributed by atoms with Crippen LogP contribution in [0.1, 0.15) is 110 Å². The Morgan fingerprint density at radius 2 is 1.80 bits per heavy atom. The fraction of sp³-hybridized carbons (Fsp3) is 0.500. The summed E-state index contributed by atoms with van der Waals surface area (Å²) in [5.41, 5.74) is 4.68. The third kappa shape index (κ3) is 5.92. The molecule has 1 aliphatic carbocycles. The number of carbonyl (C=O) groups is 2. The quantitative estimate of drug-likeness (QED) is 0.216. The topological polar surface area (TPSA) is 114 Å². The van der Waals surface area contributed by atoms with E-state index < -0.39 is 21.5 Å². The molecule has 0 bridgehead atoms. The molecule has 50 heavy (non-hydrogen) atoms. The number of amides is 2. The van der Waals surface area contributed by atoms with Crippen LogP contribution >= 0.6 is 11.3 Å². The van der Waals surface area contributed by atoms with E-state index in [9.17, 15) is 13.2 Å². The van der Waals surface area contributed by atoms with Crippen molar-refractivity contribution in [1.29, 1.82) is 0 Å². The highest BCUT2D eigenvalue weighted by Crippen LogP contribution is 2.53. The first kappa shape index (κ1) is 34.7. The average Bonchev–Trinajstić information content (AvgIpc) is 3.75. The molecule has 4 aromatic rings. The number of hydrogen-bond acceptors (Lipinski definition) is 7. The van der Waals surface area contributed by atoms with E-state index in [0.29, 0.717) is 19.0 Å². The zero-order chi connectivity index (χ0) is 35.4.